The second-order valence-corrected chi connectivity index (χ2v) is 5.58. The van der Waals surface area contributed by atoms with Gasteiger partial charge in [0, 0.05) is 13.0 Å². The Bertz CT molecular complexity index is 583. The van der Waals surface area contributed by atoms with Crippen LogP contribution in [0.15, 0.2) is 23.1 Å². The first-order valence-corrected chi connectivity index (χ1v) is 7.06. The van der Waals surface area contributed by atoms with Crippen molar-refractivity contribution in [2.75, 3.05) is 6.54 Å². The fourth-order valence-corrected chi connectivity index (χ4v) is 2.40. The van der Waals surface area contributed by atoms with E-state index in [0.29, 0.717) is 24.3 Å². The van der Waals surface area contributed by atoms with Crippen molar-refractivity contribution < 1.29 is 17.9 Å². The number of sulfonamides is 1. The number of carbonyl (C=O) groups is 1. The normalized spacial score (nSPS) is 18.0. The first kappa shape index (κ1) is 12.8. The third kappa shape index (κ3) is 2.46. The number of benzene rings is 1. The summed E-state index contributed by atoms with van der Waals surface area (Å²) in [5, 5.41) is 7.71. The molecule has 0 fully saturated rings. The Morgan fingerprint density at radius 3 is 2.89 bits per heavy atom. The molecule has 1 aliphatic heterocycles. The van der Waals surface area contributed by atoms with Crippen LogP contribution in [0.1, 0.15) is 12.5 Å². The van der Waals surface area contributed by atoms with Crippen LogP contribution in [-0.4, -0.2) is 27.0 Å². The van der Waals surface area contributed by atoms with E-state index in [4.69, 9.17) is 9.88 Å². The lowest BCUT2D eigenvalue weighted by molar-refractivity contribution is -0.127. The molecule has 1 unspecified atom stereocenters. The predicted octanol–water partition coefficient (Wildman–Crippen LogP) is -0.226. The molecule has 18 heavy (non-hydrogen) atoms. The number of ether oxygens (including phenoxy) is 1. The summed E-state index contributed by atoms with van der Waals surface area (Å²) in [6.45, 7) is 2.34. The molecule has 3 N–H and O–H groups in total. The first-order chi connectivity index (χ1) is 8.41. The number of hydrogen-bond donors (Lipinski definition) is 2. The third-order valence-electron chi connectivity index (χ3n) is 2.68. The Morgan fingerprint density at radius 2 is 2.28 bits per heavy atom. The molecule has 0 bridgehead atoms. The van der Waals surface area contributed by atoms with Crippen LogP contribution in [0.2, 0.25) is 0 Å². The zero-order chi connectivity index (χ0) is 13.3. The minimum absolute atomic E-state index is 0.0291. The summed E-state index contributed by atoms with van der Waals surface area (Å²) in [6.07, 6.45) is -0.250. The smallest absolute Gasteiger partial charge is 0.261 e. The van der Waals surface area contributed by atoms with Gasteiger partial charge in [-0.15, -0.1) is 0 Å². The van der Waals surface area contributed by atoms with E-state index in [-0.39, 0.29) is 10.8 Å². The van der Waals surface area contributed by atoms with Crippen LogP contribution in [0.3, 0.4) is 0 Å². The summed E-state index contributed by atoms with van der Waals surface area (Å²) < 4.78 is 27.9. The van der Waals surface area contributed by atoms with Crippen molar-refractivity contribution in [1.29, 1.82) is 0 Å². The monoisotopic (exact) mass is 270 g/mol. The van der Waals surface area contributed by atoms with Crippen molar-refractivity contribution >= 4 is 15.9 Å². The summed E-state index contributed by atoms with van der Waals surface area (Å²) >= 11 is 0. The van der Waals surface area contributed by atoms with Crippen LogP contribution < -0.4 is 15.2 Å². The quantitative estimate of drug-likeness (QED) is 0.792. The molecule has 0 saturated carbocycles. The highest BCUT2D eigenvalue weighted by Crippen LogP contribution is 2.30. The molecule has 1 aromatic rings. The van der Waals surface area contributed by atoms with Crippen LogP contribution >= 0.6 is 0 Å². The van der Waals surface area contributed by atoms with Gasteiger partial charge >= 0.3 is 0 Å². The lowest BCUT2D eigenvalue weighted by Crippen LogP contribution is -2.37. The molecule has 1 aliphatic rings. The molecule has 1 amide bonds. The molecule has 0 radical (unpaired) electrons. The van der Waals surface area contributed by atoms with Crippen LogP contribution in [0.25, 0.3) is 0 Å². The molecule has 0 saturated heterocycles. The maximum Gasteiger partial charge on any atom is 0.261 e. The Kier molecular flexibility index (Phi) is 3.27. The second kappa shape index (κ2) is 4.58. The molecular weight excluding hydrogens is 256 g/mol. The van der Waals surface area contributed by atoms with Gasteiger partial charge in [-0.25, -0.2) is 13.6 Å². The minimum Gasteiger partial charge on any atom is -0.480 e. The molecule has 1 aromatic carbocycles. The molecule has 1 heterocycles. The van der Waals surface area contributed by atoms with E-state index in [9.17, 15) is 13.2 Å². The Labute approximate surface area is 105 Å². The van der Waals surface area contributed by atoms with Gasteiger partial charge in [0.05, 0.1) is 4.90 Å². The van der Waals surface area contributed by atoms with Crippen LogP contribution in [-0.2, 0) is 21.2 Å². The maximum absolute atomic E-state index is 11.6. The van der Waals surface area contributed by atoms with Gasteiger partial charge in [-0.3, -0.25) is 4.79 Å². The first-order valence-electron chi connectivity index (χ1n) is 5.52. The van der Waals surface area contributed by atoms with Crippen molar-refractivity contribution in [2.45, 2.75) is 24.3 Å². The molecule has 0 spiro atoms. The van der Waals surface area contributed by atoms with Crippen molar-refractivity contribution in [3.8, 4) is 5.75 Å². The Hall–Kier alpha value is -1.60. The third-order valence-corrected chi connectivity index (χ3v) is 3.59. The number of nitrogens with two attached hydrogens (primary N) is 1. The minimum atomic E-state index is -3.73. The zero-order valence-corrected chi connectivity index (χ0v) is 10.7. The highest BCUT2D eigenvalue weighted by atomic mass is 32.2. The van der Waals surface area contributed by atoms with Crippen LogP contribution in [0.5, 0.6) is 5.75 Å². The van der Waals surface area contributed by atoms with Gasteiger partial charge in [0.1, 0.15) is 5.75 Å². The largest absolute Gasteiger partial charge is 0.480 e. The number of hydrogen-bond acceptors (Lipinski definition) is 4. The molecule has 1 atom stereocenters. The number of rotatable bonds is 3. The van der Waals surface area contributed by atoms with E-state index >= 15 is 0 Å². The second-order valence-electron chi connectivity index (χ2n) is 4.02. The van der Waals surface area contributed by atoms with Gasteiger partial charge in [0.25, 0.3) is 5.91 Å². The number of fused-ring (bicyclic) bond motifs is 1. The van der Waals surface area contributed by atoms with E-state index in [1.54, 1.807) is 0 Å². The number of primary sulfonamides is 1. The fourth-order valence-electron chi connectivity index (χ4n) is 1.84. The van der Waals surface area contributed by atoms with Crippen LogP contribution in [0.4, 0.5) is 0 Å². The van der Waals surface area contributed by atoms with Crippen LogP contribution in [0, 0.1) is 0 Å². The van der Waals surface area contributed by atoms with Crippen molar-refractivity contribution in [2.24, 2.45) is 5.14 Å². The SMILES string of the molecule is CCNC(=O)C1Cc2cc(S(N)(=O)=O)ccc2O1. The van der Waals surface area contributed by atoms with Gasteiger partial charge in [-0.2, -0.15) is 0 Å². The molecular formula is C11H14N2O4S. The summed E-state index contributed by atoms with van der Waals surface area (Å²) in [6, 6.07) is 4.34. The average Bonchev–Trinajstić information content (AvgIpc) is 2.70. The maximum atomic E-state index is 11.6. The highest BCUT2D eigenvalue weighted by molar-refractivity contribution is 7.89. The van der Waals surface area contributed by atoms with Gasteiger partial charge in [0.15, 0.2) is 6.10 Å². The Balaban J connectivity index is 2.23. The summed E-state index contributed by atoms with van der Waals surface area (Å²) in [4.78, 5) is 11.6. The van der Waals surface area contributed by atoms with Gasteiger partial charge in [0.2, 0.25) is 10.0 Å². The van der Waals surface area contributed by atoms with Crippen molar-refractivity contribution in [3.63, 3.8) is 0 Å². The summed E-state index contributed by atoms with van der Waals surface area (Å²) in [5.41, 5.74) is 0.678. The average molecular weight is 270 g/mol. The topological polar surface area (TPSA) is 98.5 Å². The lowest BCUT2D eigenvalue weighted by atomic mass is 10.1. The molecule has 2 rings (SSSR count). The lowest BCUT2D eigenvalue weighted by Gasteiger charge is -2.09. The van der Waals surface area contributed by atoms with E-state index in [2.05, 4.69) is 5.32 Å². The number of likely N-dealkylation sites (N-methyl/N-ethyl adjacent to an activating group) is 1. The van der Waals surface area contributed by atoms with Gasteiger partial charge < -0.3 is 10.1 Å². The molecule has 98 valence electrons. The highest BCUT2D eigenvalue weighted by Gasteiger charge is 2.29. The molecule has 7 heteroatoms. The molecule has 6 nitrogen and oxygen atoms in total. The zero-order valence-electron chi connectivity index (χ0n) is 9.84. The van der Waals surface area contributed by atoms with Crippen molar-refractivity contribution in [3.05, 3.63) is 23.8 Å². The number of nitrogens with one attached hydrogen (secondary N) is 1. The van der Waals surface area contributed by atoms with E-state index in [1.807, 2.05) is 6.92 Å². The number of carbonyl (C=O) groups excluding carboxylic acids is 1. The van der Waals surface area contributed by atoms with E-state index < -0.39 is 16.1 Å². The fraction of sp³-hybridized carbons (Fsp3) is 0.364. The van der Waals surface area contributed by atoms with Gasteiger partial charge in [-0.1, -0.05) is 0 Å². The molecule has 0 aliphatic carbocycles. The van der Waals surface area contributed by atoms with Crippen molar-refractivity contribution in [1.82, 2.24) is 5.32 Å². The Morgan fingerprint density at radius 1 is 1.56 bits per heavy atom. The van der Waals surface area contributed by atoms with E-state index in [1.165, 1.54) is 18.2 Å². The summed E-state index contributed by atoms with van der Waals surface area (Å²) in [5.74, 6) is 0.324. The molecule has 0 aromatic heterocycles. The summed E-state index contributed by atoms with van der Waals surface area (Å²) in [7, 11) is -3.73. The predicted molar refractivity (Wildman–Crippen MR) is 64.6 cm³/mol. The van der Waals surface area contributed by atoms with E-state index in [0.717, 1.165) is 0 Å². The standard InChI is InChI=1S/C11H14N2O4S/c1-2-13-11(14)10-6-7-5-8(18(12,15)16)3-4-9(7)17-10/h3-5,10H,2,6H2,1H3,(H,13,14)(H2,12,15,16). The van der Waals surface area contributed by atoms with Gasteiger partial charge in [-0.05, 0) is 30.7 Å². The number of amides is 1.